The number of hydrogen-bond donors (Lipinski definition) is 2. The average Bonchev–Trinajstić information content (AvgIpc) is 3.45. The monoisotopic (exact) mass is 548 g/mol. The van der Waals surface area contributed by atoms with Crippen molar-refractivity contribution in [3.05, 3.63) is 47.5 Å². The molecule has 8 heteroatoms. The van der Waals surface area contributed by atoms with Gasteiger partial charge in [-0.25, -0.2) is 9.59 Å². The van der Waals surface area contributed by atoms with Gasteiger partial charge < -0.3 is 25.0 Å². The molecule has 4 aliphatic rings. The van der Waals surface area contributed by atoms with E-state index >= 15 is 0 Å². The number of anilines is 1. The third-order valence-corrected chi connectivity index (χ3v) is 7.42. The molecule has 2 fully saturated rings. The highest BCUT2D eigenvalue weighted by Gasteiger charge is 2.33. The molecule has 6 rings (SSSR count). The van der Waals surface area contributed by atoms with E-state index in [0.717, 1.165) is 61.5 Å². The van der Waals surface area contributed by atoms with Gasteiger partial charge in [-0.05, 0) is 85.0 Å². The molecule has 0 unspecified atom stereocenters. The van der Waals surface area contributed by atoms with E-state index in [1.165, 1.54) is 50.4 Å². The zero-order valence-electron chi connectivity index (χ0n) is 24.5. The van der Waals surface area contributed by atoms with Crippen molar-refractivity contribution in [3.8, 4) is 11.5 Å². The van der Waals surface area contributed by atoms with Crippen LogP contribution in [0.4, 0.5) is 16.2 Å². The molecule has 2 N–H and O–H groups in total. The Morgan fingerprint density at radius 2 is 1.43 bits per heavy atom. The van der Waals surface area contributed by atoms with Crippen molar-refractivity contribution in [1.82, 2.24) is 10.2 Å². The van der Waals surface area contributed by atoms with Crippen LogP contribution in [0.3, 0.4) is 0 Å². The molecule has 2 saturated heterocycles. The van der Waals surface area contributed by atoms with Crippen LogP contribution in [0, 0.1) is 0 Å². The molecule has 0 aromatic heterocycles. The largest absolute Gasteiger partial charge is 0.485 e. The highest BCUT2D eigenvalue weighted by Crippen LogP contribution is 2.42. The Kier molecular flexibility index (Phi) is 9.88. The smallest absolute Gasteiger partial charge is 0.321 e. The second-order valence-corrected chi connectivity index (χ2v) is 12.1. The summed E-state index contributed by atoms with van der Waals surface area (Å²) >= 11 is 0. The van der Waals surface area contributed by atoms with Crippen molar-refractivity contribution in [2.75, 3.05) is 31.5 Å². The van der Waals surface area contributed by atoms with E-state index in [2.05, 4.69) is 35.5 Å². The first-order chi connectivity index (χ1) is 19.2. The Morgan fingerprint density at radius 1 is 0.850 bits per heavy atom. The number of aliphatic imine (C=N–C) groups is 1. The summed E-state index contributed by atoms with van der Waals surface area (Å²) in [5, 5.41) is 6.30. The number of carbonyl (C=O) groups excluding carboxylic acids is 2. The lowest BCUT2D eigenvalue weighted by molar-refractivity contribution is 0.138. The van der Waals surface area contributed by atoms with E-state index in [0.29, 0.717) is 5.69 Å². The summed E-state index contributed by atoms with van der Waals surface area (Å²) in [6.07, 6.45) is 10.9. The summed E-state index contributed by atoms with van der Waals surface area (Å²) in [4.78, 5) is 28.0. The number of isocyanates is 1. The van der Waals surface area contributed by atoms with Crippen molar-refractivity contribution in [1.29, 1.82) is 0 Å². The fourth-order valence-corrected chi connectivity index (χ4v) is 5.54. The van der Waals surface area contributed by atoms with Crippen LogP contribution in [-0.2, 0) is 17.6 Å². The maximum absolute atomic E-state index is 12.3. The number of urea groups is 1. The lowest BCUT2D eigenvalue weighted by atomic mass is 10.0. The number of likely N-dealkylation sites (tertiary alicyclic amines) is 1. The van der Waals surface area contributed by atoms with Crippen LogP contribution < -0.4 is 20.1 Å². The number of fused-ring (bicyclic) bond motifs is 2. The Labute approximate surface area is 238 Å². The number of amides is 2. The zero-order chi connectivity index (χ0) is 28.6. The van der Waals surface area contributed by atoms with E-state index in [1.807, 2.05) is 43.0 Å². The van der Waals surface area contributed by atoms with Gasteiger partial charge in [0.2, 0.25) is 6.08 Å². The zero-order valence-corrected chi connectivity index (χ0v) is 24.5. The number of hydrogen-bond acceptors (Lipinski definition) is 6. The summed E-state index contributed by atoms with van der Waals surface area (Å²) in [6.45, 7) is 12.4. The predicted octanol–water partition coefficient (Wildman–Crippen LogP) is 6.55. The number of ether oxygens (including phenoxy) is 2. The normalized spacial score (nSPS) is 19.6. The van der Waals surface area contributed by atoms with E-state index in [9.17, 15) is 9.59 Å². The van der Waals surface area contributed by atoms with Crippen molar-refractivity contribution in [2.45, 2.75) is 90.3 Å². The number of nitrogens with zero attached hydrogens (tertiary/aromatic N) is 2. The molecule has 0 bridgehead atoms. The van der Waals surface area contributed by atoms with Gasteiger partial charge in [0.1, 0.15) is 28.4 Å². The van der Waals surface area contributed by atoms with Crippen LogP contribution in [-0.4, -0.2) is 54.4 Å². The fourth-order valence-electron chi connectivity index (χ4n) is 5.54. The summed E-state index contributed by atoms with van der Waals surface area (Å²) in [5.74, 6) is 1.56. The fraction of sp³-hybridized carbons (Fsp3) is 0.562. The second kappa shape index (κ2) is 13.3. The lowest BCUT2D eigenvalue weighted by Crippen LogP contribution is -2.38. The third kappa shape index (κ3) is 8.09. The van der Waals surface area contributed by atoms with Crippen LogP contribution >= 0.6 is 0 Å². The van der Waals surface area contributed by atoms with Gasteiger partial charge in [0.25, 0.3) is 0 Å². The van der Waals surface area contributed by atoms with Gasteiger partial charge in [0, 0.05) is 37.1 Å². The molecule has 2 amide bonds. The predicted molar refractivity (Wildman–Crippen MR) is 159 cm³/mol. The molecular weight excluding hydrogens is 504 g/mol. The average molecular weight is 549 g/mol. The molecule has 0 aliphatic carbocycles. The Hall–Kier alpha value is -3.35. The molecule has 216 valence electrons. The van der Waals surface area contributed by atoms with Gasteiger partial charge in [0.15, 0.2) is 0 Å². The molecule has 0 spiro atoms. The molecular formula is C32H44N4O4. The van der Waals surface area contributed by atoms with Gasteiger partial charge >= 0.3 is 6.03 Å². The number of rotatable bonds is 2. The number of carbonyl (C=O) groups is 1. The SMILES string of the molecule is C1CCNCC1.CC1(C)Cc2cccc(N=C=O)c2O1.CC1(C)Cc2cccc(NC(=O)N3CCCCC3)c2O1. The van der Waals surface area contributed by atoms with Crippen molar-refractivity contribution in [2.24, 2.45) is 4.99 Å². The minimum Gasteiger partial charge on any atom is -0.485 e. The van der Waals surface area contributed by atoms with Crippen LogP contribution in [0.15, 0.2) is 41.4 Å². The molecule has 2 aromatic carbocycles. The first kappa shape index (κ1) is 29.6. The minimum atomic E-state index is -0.198. The third-order valence-electron chi connectivity index (χ3n) is 7.42. The van der Waals surface area contributed by atoms with Crippen molar-refractivity contribution in [3.63, 3.8) is 0 Å². The highest BCUT2D eigenvalue weighted by molar-refractivity contribution is 5.91. The quantitative estimate of drug-likeness (QED) is 0.328. The topological polar surface area (TPSA) is 92.3 Å². The second-order valence-electron chi connectivity index (χ2n) is 12.1. The van der Waals surface area contributed by atoms with Crippen LogP contribution in [0.2, 0.25) is 0 Å². The highest BCUT2D eigenvalue weighted by atomic mass is 16.5. The van der Waals surface area contributed by atoms with Gasteiger partial charge in [-0.15, -0.1) is 0 Å². The van der Waals surface area contributed by atoms with Crippen molar-refractivity contribution < 1.29 is 19.1 Å². The Balaban J connectivity index is 0.000000159. The van der Waals surface area contributed by atoms with E-state index in [-0.39, 0.29) is 17.2 Å². The van der Waals surface area contributed by atoms with Gasteiger partial charge in [-0.3, -0.25) is 0 Å². The first-order valence-corrected chi connectivity index (χ1v) is 14.6. The molecule has 2 aromatic rings. The van der Waals surface area contributed by atoms with E-state index < -0.39 is 0 Å². The maximum atomic E-state index is 12.3. The molecule has 8 nitrogen and oxygen atoms in total. The lowest BCUT2D eigenvalue weighted by Gasteiger charge is -2.27. The van der Waals surface area contributed by atoms with E-state index in [1.54, 1.807) is 6.07 Å². The number of piperidine rings is 2. The van der Waals surface area contributed by atoms with E-state index in [4.69, 9.17) is 9.47 Å². The van der Waals surface area contributed by atoms with Gasteiger partial charge in [-0.1, -0.05) is 30.7 Å². The Bertz CT molecular complexity index is 1200. The molecule has 4 heterocycles. The number of nitrogens with one attached hydrogen (secondary N) is 2. The number of para-hydroxylation sites is 2. The first-order valence-electron chi connectivity index (χ1n) is 14.6. The van der Waals surface area contributed by atoms with Crippen LogP contribution in [0.1, 0.15) is 77.3 Å². The molecule has 4 aliphatic heterocycles. The summed E-state index contributed by atoms with van der Waals surface area (Å²) in [6, 6.07) is 11.6. The van der Waals surface area contributed by atoms with Crippen LogP contribution in [0.25, 0.3) is 0 Å². The minimum absolute atomic E-state index is 0.00796. The summed E-state index contributed by atoms with van der Waals surface area (Å²) < 4.78 is 11.7. The Morgan fingerprint density at radius 3 is 2.00 bits per heavy atom. The molecule has 0 saturated carbocycles. The molecule has 0 atom stereocenters. The molecule has 40 heavy (non-hydrogen) atoms. The van der Waals surface area contributed by atoms with Crippen LogP contribution in [0.5, 0.6) is 11.5 Å². The maximum Gasteiger partial charge on any atom is 0.321 e. The number of benzene rings is 2. The molecule has 0 radical (unpaired) electrons. The summed E-state index contributed by atoms with van der Waals surface area (Å²) in [7, 11) is 0. The standard InChI is InChI=1S/C16H22N2O2.C11H11NO2.C5H11N/c1-16(2)11-12-7-6-8-13(14(12)20-16)17-15(19)18-9-4-3-5-10-18;1-11(2)6-8-4-3-5-9(12-7-13)10(8)14-11;1-2-4-6-5-3-1/h6-8H,3-5,9-11H2,1-2H3,(H,17,19);3-5H,6H2,1-2H3;6H,1-5H2. The summed E-state index contributed by atoms with van der Waals surface area (Å²) in [5.41, 5.74) is 3.26. The van der Waals surface area contributed by atoms with Gasteiger partial charge in [-0.2, -0.15) is 4.99 Å². The van der Waals surface area contributed by atoms with Gasteiger partial charge in [0.05, 0.1) is 5.69 Å². The van der Waals surface area contributed by atoms with Crippen molar-refractivity contribution >= 4 is 23.5 Å².